The van der Waals surface area contributed by atoms with Gasteiger partial charge in [0.2, 0.25) is 0 Å². The second kappa shape index (κ2) is 7.63. The van der Waals surface area contributed by atoms with Crippen molar-refractivity contribution in [2.24, 2.45) is 5.92 Å². The fourth-order valence-electron chi connectivity index (χ4n) is 4.90. The molecule has 2 aromatic rings. The third-order valence-electron chi connectivity index (χ3n) is 6.49. The van der Waals surface area contributed by atoms with E-state index in [4.69, 9.17) is 0 Å². The molecule has 1 aliphatic carbocycles. The molecule has 1 amide bonds. The maximum absolute atomic E-state index is 13.6. The molecule has 3 aliphatic rings. The topological polar surface area (TPSA) is 44.4 Å². The van der Waals surface area contributed by atoms with Gasteiger partial charge in [0, 0.05) is 41.9 Å². The van der Waals surface area contributed by atoms with Crippen LogP contribution in [-0.2, 0) is 4.79 Å². The molecule has 1 atom stereocenters. The van der Waals surface area contributed by atoms with Crippen molar-refractivity contribution in [3.05, 3.63) is 71.2 Å². The van der Waals surface area contributed by atoms with Gasteiger partial charge in [-0.2, -0.15) is 0 Å². The van der Waals surface area contributed by atoms with E-state index in [1.54, 1.807) is 17.8 Å². The van der Waals surface area contributed by atoms with Crippen LogP contribution in [0.2, 0.25) is 0 Å². The predicted octanol–water partition coefficient (Wildman–Crippen LogP) is 5.48. The van der Waals surface area contributed by atoms with Crippen LogP contribution in [0.4, 0.5) is 21.5 Å². The number of carbonyl (C=O) groups excluding carboxylic acids is 1. The molecule has 1 fully saturated rings. The van der Waals surface area contributed by atoms with Gasteiger partial charge in [-0.25, -0.2) is 4.39 Å². The van der Waals surface area contributed by atoms with Crippen molar-refractivity contribution in [3.63, 3.8) is 0 Å². The minimum absolute atomic E-state index is 0.222. The fraction of sp³-hybridized carbons (Fsp3) is 0.320. The van der Waals surface area contributed by atoms with E-state index in [0.29, 0.717) is 16.8 Å². The van der Waals surface area contributed by atoms with Crippen molar-refractivity contribution in [2.45, 2.75) is 32.6 Å². The van der Waals surface area contributed by atoms with Crippen molar-refractivity contribution in [1.82, 2.24) is 0 Å². The molecule has 2 heterocycles. The Balaban J connectivity index is 1.34. The van der Waals surface area contributed by atoms with Gasteiger partial charge in [0.15, 0.2) is 0 Å². The SMILES string of the molecule is Cc1cc(NC=C2C(=O)Nc3ccc(F)cc32)ccc1N1CCC2CCCC=C2C1. The van der Waals surface area contributed by atoms with Gasteiger partial charge in [-0.3, -0.25) is 4.79 Å². The summed E-state index contributed by atoms with van der Waals surface area (Å²) in [5.74, 6) is 0.210. The van der Waals surface area contributed by atoms with E-state index in [2.05, 4.69) is 40.7 Å². The van der Waals surface area contributed by atoms with Crippen molar-refractivity contribution in [1.29, 1.82) is 0 Å². The van der Waals surface area contributed by atoms with Crippen LogP contribution in [0.1, 0.15) is 36.8 Å². The summed E-state index contributed by atoms with van der Waals surface area (Å²) < 4.78 is 13.6. The number of anilines is 3. The zero-order valence-electron chi connectivity index (χ0n) is 17.2. The number of amides is 1. The first-order chi connectivity index (χ1) is 14.6. The van der Waals surface area contributed by atoms with Crippen LogP contribution in [0.25, 0.3) is 5.57 Å². The molecule has 4 nitrogen and oxygen atoms in total. The highest BCUT2D eigenvalue weighted by molar-refractivity contribution is 6.31. The average Bonchev–Trinajstić information content (AvgIpc) is 3.06. The number of hydrogen-bond acceptors (Lipinski definition) is 3. The molecule has 1 saturated heterocycles. The lowest BCUT2D eigenvalue weighted by Crippen LogP contribution is -2.36. The number of nitrogens with zero attached hydrogens (tertiary/aromatic N) is 1. The number of benzene rings is 2. The van der Waals surface area contributed by atoms with Gasteiger partial charge in [0.05, 0.1) is 5.57 Å². The highest BCUT2D eigenvalue weighted by atomic mass is 19.1. The van der Waals surface area contributed by atoms with Crippen LogP contribution in [0.5, 0.6) is 0 Å². The second-order valence-corrected chi connectivity index (χ2v) is 8.46. The number of aryl methyl sites for hydroxylation is 1. The minimum Gasteiger partial charge on any atom is -0.367 e. The molecular weight excluding hydrogens is 377 g/mol. The number of halogens is 1. The Kier molecular flexibility index (Phi) is 4.81. The first-order valence-corrected chi connectivity index (χ1v) is 10.7. The molecule has 2 N–H and O–H groups in total. The Morgan fingerprint density at radius 2 is 2.10 bits per heavy atom. The molecule has 0 radical (unpaired) electrons. The lowest BCUT2D eigenvalue weighted by molar-refractivity contribution is -0.110. The third kappa shape index (κ3) is 3.49. The van der Waals surface area contributed by atoms with E-state index in [1.807, 2.05) is 6.07 Å². The van der Waals surface area contributed by atoms with Crippen LogP contribution in [0, 0.1) is 18.7 Å². The number of hydrogen-bond donors (Lipinski definition) is 2. The Bertz CT molecular complexity index is 1070. The summed E-state index contributed by atoms with van der Waals surface area (Å²) in [6.45, 7) is 4.26. The number of piperidine rings is 1. The molecular formula is C25H26FN3O. The summed E-state index contributed by atoms with van der Waals surface area (Å²) in [6.07, 6.45) is 9.24. The largest absolute Gasteiger partial charge is 0.367 e. The number of nitrogens with one attached hydrogen (secondary N) is 2. The maximum atomic E-state index is 13.6. The predicted molar refractivity (Wildman–Crippen MR) is 120 cm³/mol. The summed E-state index contributed by atoms with van der Waals surface area (Å²) in [7, 11) is 0. The second-order valence-electron chi connectivity index (χ2n) is 8.46. The lowest BCUT2D eigenvalue weighted by Gasteiger charge is -2.38. The molecule has 154 valence electrons. The smallest absolute Gasteiger partial charge is 0.257 e. The molecule has 0 spiro atoms. The number of rotatable bonds is 3. The first-order valence-electron chi connectivity index (χ1n) is 10.7. The van der Waals surface area contributed by atoms with Crippen LogP contribution in [-0.4, -0.2) is 19.0 Å². The molecule has 1 unspecified atom stereocenters. The molecule has 5 heteroatoms. The third-order valence-corrected chi connectivity index (χ3v) is 6.49. The quantitative estimate of drug-likeness (QED) is 0.527. The van der Waals surface area contributed by atoms with Crippen LogP contribution in [0.15, 0.2) is 54.2 Å². The summed E-state index contributed by atoms with van der Waals surface area (Å²) in [5, 5.41) is 5.99. The van der Waals surface area contributed by atoms with Gasteiger partial charge in [0.1, 0.15) is 5.82 Å². The van der Waals surface area contributed by atoms with Crippen molar-refractivity contribution in [2.75, 3.05) is 28.6 Å². The standard InChI is InChI=1S/C25H26FN3O/c1-16-12-20(27-14-22-21-13-19(26)6-8-23(21)28-25(22)30)7-9-24(16)29-11-10-17-4-2-3-5-18(17)15-29/h5-9,12-14,17,27H,2-4,10-11,15H2,1H3,(H,28,30). The Morgan fingerprint density at radius 3 is 2.97 bits per heavy atom. The molecule has 5 rings (SSSR count). The summed E-state index contributed by atoms with van der Waals surface area (Å²) >= 11 is 0. The van der Waals surface area contributed by atoms with Crippen molar-refractivity contribution >= 4 is 28.5 Å². The summed E-state index contributed by atoms with van der Waals surface area (Å²) in [5.41, 5.74) is 6.66. The Morgan fingerprint density at radius 1 is 1.20 bits per heavy atom. The average molecular weight is 404 g/mol. The van der Waals surface area contributed by atoms with Gasteiger partial charge >= 0.3 is 0 Å². The Hall–Kier alpha value is -3.08. The number of allylic oxidation sites excluding steroid dienone is 1. The molecule has 0 bridgehead atoms. The molecule has 2 aromatic carbocycles. The van der Waals surface area contributed by atoms with E-state index < -0.39 is 0 Å². The molecule has 0 saturated carbocycles. The van der Waals surface area contributed by atoms with Crippen molar-refractivity contribution in [3.8, 4) is 0 Å². The zero-order valence-corrected chi connectivity index (χ0v) is 17.2. The Labute approximate surface area is 176 Å². The van der Waals surface area contributed by atoms with Gasteiger partial charge in [-0.15, -0.1) is 0 Å². The van der Waals surface area contributed by atoms with Gasteiger partial charge < -0.3 is 15.5 Å². The van der Waals surface area contributed by atoms with E-state index in [0.717, 1.165) is 24.7 Å². The minimum atomic E-state index is -0.354. The van der Waals surface area contributed by atoms with Crippen molar-refractivity contribution < 1.29 is 9.18 Å². The van der Waals surface area contributed by atoms with Crippen LogP contribution in [0.3, 0.4) is 0 Å². The van der Waals surface area contributed by atoms with Crippen LogP contribution < -0.4 is 15.5 Å². The maximum Gasteiger partial charge on any atom is 0.257 e. The number of fused-ring (bicyclic) bond motifs is 2. The first kappa shape index (κ1) is 18.9. The monoisotopic (exact) mass is 403 g/mol. The molecule has 2 aliphatic heterocycles. The van der Waals surface area contributed by atoms with Crippen LogP contribution >= 0.6 is 0 Å². The summed E-state index contributed by atoms with van der Waals surface area (Å²) in [6, 6.07) is 10.6. The lowest BCUT2D eigenvalue weighted by atomic mass is 9.82. The summed E-state index contributed by atoms with van der Waals surface area (Å²) in [4.78, 5) is 14.7. The molecule has 0 aromatic heterocycles. The van der Waals surface area contributed by atoms with Gasteiger partial charge in [-0.05, 0) is 80.5 Å². The van der Waals surface area contributed by atoms with E-state index in [-0.39, 0.29) is 11.7 Å². The fourth-order valence-corrected chi connectivity index (χ4v) is 4.90. The number of carbonyl (C=O) groups is 1. The van der Waals surface area contributed by atoms with Gasteiger partial charge in [0.25, 0.3) is 5.91 Å². The van der Waals surface area contributed by atoms with E-state index in [9.17, 15) is 9.18 Å². The zero-order chi connectivity index (χ0) is 20.7. The normalized spacial score (nSPS) is 21.7. The highest BCUT2D eigenvalue weighted by Crippen LogP contribution is 2.36. The highest BCUT2D eigenvalue weighted by Gasteiger charge is 2.26. The molecule has 30 heavy (non-hydrogen) atoms. The van der Waals surface area contributed by atoms with E-state index in [1.165, 1.54) is 49.1 Å². The van der Waals surface area contributed by atoms with Gasteiger partial charge in [-0.1, -0.05) is 11.6 Å². The van der Waals surface area contributed by atoms with E-state index >= 15 is 0 Å².